The van der Waals surface area contributed by atoms with Crippen molar-refractivity contribution in [2.24, 2.45) is 0 Å². The molecule has 4 aromatic rings. The van der Waals surface area contributed by atoms with E-state index in [0.29, 0.717) is 22.7 Å². The molecule has 0 aliphatic heterocycles. The van der Waals surface area contributed by atoms with E-state index in [0.717, 1.165) is 27.4 Å². The van der Waals surface area contributed by atoms with Crippen molar-refractivity contribution < 1.29 is 18.7 Å². The van der Waals surface area contributed by atoms with Crippen molar-refractivity contribution in [3.63, 3.8) is 0 Å². The fourth-order valence-electron chi connectivity index (χ4n) is 3.01. The second-order valence-corrected chi connectivity index (χ2v) is 8.23. The third kappa shape index (κ3) is 4.81. The molecule has 158 valence electrons. The normalized spacial score (nSPS) is 10.7. The van der Waals surface area contributed by atoms with E-state index in [1.807, 2.05) is 47.8 Å². The van der Waals surface area contributed by atoms with Crippen LogP contribution in [0.4, 0.5) is 0 Å². The Hall–Kier alpha value is -3.10. The highest BCUT2D eigenvalue weighted by Gasteiger charge is 2.12. The third-order valence-electron chi connectivity index (χ3n) is 4.63. The SMILES string of the molecule is COc1ccc(-c2csc(-c3ccc(CNC(=O)c4ccc(Br)o4)cc3)n2)cc1OC. The lowest BCUT2D eigenvalue weighted by atomic mass is 10.1. The number of amides is 1. The zero-order valence-corrected chi connectivity index (χ0v) is 19.2. The number of thiazole rings is 1. The fraction of sp³-hybridized carbons (Fsp3) is 0.130. The quantitative estimate of drug-likeness (QED) is 0.349. The molecule has 8 heteroatoms. The van der Waals surface area contributed by atoms with Crippen molar-refractivity contribution in [3.05, 3.63) is 76.0 Å². The topological polar surface area (TPSA) is 73.6 Å². The Bertz CT molecular complexity index is 1200. The van der Waals surface area contributed by atoms with Crippen molar-refractivity contribution in [1.82, 2.24) is 10.3 Å². The van der Waals surface area contributed by atoms with Crippen LogP contribution in [0.3, 0.4) is 0 Å². The van der Waals surface area contributed by atoms with Gasteiger partial charge in [-0.25, -0.2) is 4.98 Å². The number of furan rings is 1. The van der Waals surface area contributed by atoms with Gasteiger partial charge in [-0.3, -0.25) is 4.79 Å². The van der Waals surface area contributed by atoms with Crippen molar-refractivity contribution in [3.8, 4) is 33.3 Å². The third-order valence-corrected chi connectivity index (χ3v) is 5.95. The minimum Gasteiger partial charge on any atom is -0.493 e. The van der Waals surface area contributed by atoms with Gasteiger partial charge < -0.3 is 19.2 Å². The number of hydrogen-bond acceptors (Lipinski definition) is 6. The highest BCUT2D eigenvalue weighted by molar-refractivity contribution is 9.10. The number of hydrogen-bond donors (Lipinski definition) is 1. The maximum Gasteiger partial charge on any atom is 0.287 e. The van der Waals surface area contributed by atoms with Gasteiger partial charge in [0.15, 0.2) is 21.9 Å². The summed E-state index contributed by atoms with van der Waals surface area (Å²) in [7, 11) is 3.23. The highest BCUT2D eigenvalue weighted by Crippen LogP contribution is 2.34. The van der Waals surface area contributed by atoms with Gasteiger partial charge in [0.2, 0.25) is 0 Å². The molecule has 0 unspecified atom stereocenters. The number of nitrogens with one attached hydrogen (secondary N) is 1. The lowest BCUT2D eigenvalue weighted by Crippen LogP contribution is -2.22. The molecular formula is C23H19BrN2O4S. The number of methoxy groups -OCH3 is 2. The molecule has 2 aromatic heterocycles. The zero-order chi connectivity index (χ0) is 21.8. The lowest BCUT2D eigenvalue weighted by molar-refractivity contribution is 0.0922. The summed E-state index contributed by atoms with van der Waals surface area (Å²) in [6, 6.07) is 17.0. The molecule has 2 aromatic carbocycles. The summed E-state index contributed by atoms with van der Waals surface area (Å²) in [4.78, 5) is 16.9. The second kappa shape index (κ2) is 9.36. The predicted molar refractivity (Wildman–Crippen MR) is 124 cm³/mol. The Morgan fingerprint density at radius 2 is 1.77 bits per heavy atom. The summed E-state index contributed by atoms with van der Waals surface area (Å²) >= 11 is 4.77. The van der Waals surface area contributed by atoms with Crippen molar-refractivity contribution in [2.45, 2.75) is 6.54 Å². The number of aromatic nitrogens is 1. The van der Waals surface area contributed by atoms with Gasteiger partial charge in [-0.05, 0) is 51.8 Å². The van der Waals surface area contributed by atoms with Gasteiger partial charge in [0.25, 0.3) is 5.91 Å². The summed E-state index contributed by atoms with van der Waals surface area (Å²) in [5.41, 5.74) is 3.84. The van der Waals surface area contributed by atoms with E-state index >= 15 is 0 Å². The number of carbonyl (C=O) groups is 1. The highest BCUT2D eigenvalue weighted by atomic mass is 79.9. The molecule has 0 spiro atoms. The second-order valence-electron chi connectivity index (χ2n) is 6.59. The summed E-state index contributed by atoms with van der Waals surface area (Å²) in [5, 5.41) is 5.78. The van der Waals surface area contributed by atoms with Crippen molar-refractivity contribution >= 4 is 33.2 Å². The van der Waals surface area contributed by atoms with Crippen LogP contribution >= 0.6 is 27.3 Å². The molecule has 1 amide bonds. The largest absolute Gasteiger partial charge is 0.493 e. The lowest BCUT2D eigenvalue weighted by Gasteiger charge is -2.08. The van der Waals surface area contributed by atoms with Gasteiger partial charge in [0, 0.05) is 23.1 Å². The smallest absolute Gasteiger partial charge is 0.287 e. The van der Waals surface area contributed by atoms with Crippen LogP contribution in [0.1, 0.15) is 16.1 Å². The Kier molecular flexibility index (Phi) is 6.39. The number of rotatable bonds is 7. The van der Waals surface area contributed by atoms with Crippen LogP contribution in [0.25, 0.3) is 21.8 Å². The summed E-state index contributed by atoms with van der Waals surface area (Å²) in [6.45, 7) is 0.409. The van der Waals surface area contributed by atoms with Gasteiger partial charge in [-0.15, -0.1) is 11.3 Å². The average Bonchev–Trinajstić information content (AvgIpc) is 3.47. The van der Waals surface area contributed by atoms with E-state index in [9.17, 15) is 4.79 Å². The minimum atomic E-state index is -0.255. The van der Waals surface area contributed by atoms with E-state index in [-0.39, 0.29) is 11.7 Å². The predicted octanol–water partition coefficient (Wildman–Crippen LogP) is 5.78. The number of carbonyl (C=O) groups excluding carboxylic acids is 1. The van der Waals surface area contributed by atoms with E-state index in [4.69, 9.17) is 18.9 Å². The first kappa shape index (κ1) is 21.1. The molecule has 1 N–H and O–H groups in total. The van der Waals surface area contributed by atoms with Gasteiger partial charge >= 0.3 is 0 Å². The van der Waals surface area contributed by atoms with Crippen LogP contribution in [-0.2, 0) is 6.54 Å². The van der Waals surface area contributed by atoms with Crippen LogP contribution in [0.2, 0.25) is 0 Å². The molecule has 0 saturated heterocycles. The van der Waals surface area contributed by atoms with Crippen LogP contribution in [0, 0.1) is 0 Å². The molecule has 0 aliphatic carbocycles. The standard InChI is InChI=1S/C23H19BrN2O4S/c1-28-18-8-7-16(11-20(18)29-2)17-13-31-23(26-17)15-5-3-14(4-6-15)12-25-22(27)19-9-10-21(24)30-19/h3-11,13H,12H2,1-2H3,(H,25,27). The van der Waals surface area contributed by atoms with Crippen LogP contribution in [0.5, 0.6) is 11.5 Å². The number of nitrogens with zero attached hydrogens (tertiary/aromatic N) is 1. The molecule has 0 saturated carbocycles. The van der Waals surface area contributed by atoms with E-state index in [1.165, 1.54) is 0 Å². The summed E-state index contributed by atoms with van der Waals surface area (Å²) in [6.07, 6.45) is 0. The maximum absolute atomic E-state index is 12.1. The monoisotopic (exact) mass is 498 g/mol. The number of halogens is 1. The first-order valence-electron chi connectivity index (χ1n) is 9.38. The molecule has 0 fully saturated rings. The van der Waals surface area contributed by atoms with Crippen LogP contribution in [0.15, 0.2) is 69.1 Å². The first-order valence-corrected chi connectivity index (χ1v) is 11.1. The zero-order valence-electron chi connectivity index (χ0n) is 16.8. The molecule has 31 heavy (non-hydrogen) atoms. The fourth-order valence-corrected chi connectivity index (χ4v) is 4.15. The van der Waals surface area contributed by atoms with E-state index in [2.05, 4.69) is 21.2 Å². The molecule has 6 nitrogen and oxygen atoms in total. The molecule has 4 rings (SSSR count). The van der Waals surface area contributed by atoms with Gasteiger partial charge in [-0.2, -0.15) is 0 Å². The summed E-state index contributed by atoms with van der Waals surface area (Å²) < 4.78 is 16.5. The number of ether oxygens (including phenoxy) is 2. The van der Waals surface area contributed by atoms with Gasteiger partial charge in [-0.1, -0.05) is 24.3 Å². The Morgan fingerprint density at radius 3 is 2.45 bits per heavy atom. The Labute approximate surface area is 192 Å². The van der Waals surface area contributed by atoms with E-state index < -0.39 is 0 Å². The van der Waals surface area contributed by atoms with Gasteiger partial charge in [0.05, 0.1) is 19.9 Å². The minimum absolute atomic E-state index is 0.255. The summed E-state index contributed by atoms with van der Waals surface area (Å²) in [5.74, 6) is 1.37. The van der Waals surface area contributed by atoms with Crippen molar-refractivity contribution in [2.75, 3.05) is 14.2 Å². The van der Waals surface area contributed by atoms with Crippen molar-refractivity contribution in [1.29, 1.82) is 0 Å². The number of benzene rings is 2. The van der Waals surface area contributed by atoms with Crippen LogP contribution in [-0.4, -0.2) is 25.1 Å². The molecule has 0 aliphatic rings. The Balaban J connectivity index is 1.44. The average molecular weight is 499 g/mol. The molecule has 0 atom stereocenters. The Morgan fingerprint density at radius 1 is 1.03 bits per heavy atom. The maximum atomic E-state index is 12.1. The molecular weight excluding hydrogens is 480 g/mol. The molecule has 2 heterocycles. The van der Waals surface area contributed by atoms with Crippen LogP contribution < -0.4 is 14.8 Å². The molecule has 0 radical (unpaired) electrons. The van der Waals surface area contributed by atoms with Gasteiger partial charge in [0.1, 0.15) is 5.01 Å². The van der Waals surface area contributed by atoms with E-state index in [1.54, 1.807) is 37.7 Å². The first-order chi connectivity index (χ1) is 15.1. The molecule has 0 bridgehead atoms.